The van der Waals surface area contributed by atoms with Gasteiger partial charge in [-0.25, -0.2) is 0 Å². The highest BCUT2D eigenvalue weighted by Crippen LogP contribution is 2.40. The third-order valence-corrected chi connectivity index (χ3v) is 7.03. The molecule has 2 amide bonds. The number of hydrogen-bond donors (Lipinski definition) is 2. The predicted molar refractivity (Wildman–Crippen MR) is 124 cm³/mol. The van der Waals surface area contributed by atoms with Crippen LogP contribution in [0.3, 0.4) is 0 Å². The first-order chi connectivity index (χ1) is 16.1. The van der Waals surface area contributed by atoms with E-state index >= 15 is 0 Å². The Kier molecular flexibility index (Phi) is 6.46. The first kappa shape index (κ1) is 22.1. The van der Waals surface area contributed by atoms with Crippen LogP contribution in [0.1, 0.15) is 70.7 Å². The van der Waals surface area contributed by atoms with Crippen LogP contribution in [-0.2, 0) is 6.54 Å². The van der Waals surface area contributed by atoms with E-state index in [4.69, 9.17) is 4.52 Å². The molecule has 3 heterocycles. The van der Waals surface area contributed by atoms with E-state index in [9.17, 15) is 9.59 Å². The summed E-state index contributed by atoms with van der Waals surface area (Å²) in [7, 11) is 0. The lowest BCUT2D eigenvalue weighted by atomic mass is 9.97. The second kappa shape index (κ2) is 9.65. The number of carbonyl (C=O) groups excluding carboxylic acids is 2. The fourth-order valence-electron chi connectivity index (χ4n) is 4.87. The lowest BCUT2D eigenvalue weighted by Gasteiger charge is -2.38. The molecule has 1 aliphatic carbocycles. The third kappa shape index (κ3) is 5.28. The quantitative estimate of drug-likeness (QED) is 0.701. The minimum Gasteiger partial charge on any atom is -0.360 e. The number of piperidine rings is 1. The highest BCUT2D eigenvalue weighted by atomic mass is 16.5. The Bertz CT molecular complexity index is 978. The van der Waals surface area contributed by atoms with Crippen LogP contribution in [0, 0.1) is 0 Å². The number of likely N-dealkylation sites (tertiary alicyclic amines) is 1. The molecule has 0 bridgehead atoms. The molecule has 3 fully saturated rings. The van der Waals surface area contributed by atoms with Gasteiger partial charge in [0, 0.05) is 68.9 Å². The summed E-state index contributed by atoms with van der Waals surface area (Å²) in [6, 6.07) is 9.88. The number of nitrogens with one attached hydrogen (secondary N) is 2. The Morgan fingerprint density at radius 3 is 2.58 bits per heavy atom. The fourth-order valence-corrected chi connectivity index (χ4v) is 4.87. The third-order valence-electron chi connectivity index (χ3n) is 7.03. The summed E-state index contributed by atoms with van der Waals surface area (Å²) in [4.78, 5) is 30.1. The minimum atomic E-state index is -0.192. The van der Waals surface area contributed by atoms with Crippen molar-refractivity contribution in [2.75, 3.05) is 32.7 Å². The summed E-state index contributed by atoms with van der Waals surface area (Å²) in [6.07, 6.45) is 3.68. The molecule has 1 saturated carbocycles. The SMILES string of the molecule is C[C@@H]1C[C@H](NC(=O)c2cc(C3CC3)on2)CCN1C(=O)c1ccc(CN2CCNCC2)cc1. The number of rotatable bonds is 6. The lowest BCUT2D eigenvalue weighted by molar-refractivity contribution is 0.0595. The molecule has 0 radical (unpaired) electrons. The fraction of sp³-hybridized carbons (Fsp3) is 0.560. The van der Waals surface area contributed by atoms with Gasteiger partial charge < -0.3 is 20.1 Å². The van der Waals surface area contributed by atoms with Crippen LogP contribution in [0.25, 0.3) is 0 Å². The number of amides is 2. The van der Waals surface area contributed by atoms with Crippen molar-refractivity contribution in [1.29, 1.82) is 0 Å². The Balaban J connectivity index is 1.13. The van der Waals surface area contributed by atoms with Gasteiger partial charge in [0.05, 0.1) is 0 Å². The molecule has 1 aromatic heterocycles. The van der Waals surface area contributed by atoms with Crippen LogP contribution in [0.15, 0.2) is 34.9 Å². The maximum Gasteiger partial charge on any atom is 0.273 e. The average Bonchev–Trinajstić information content (AvgIpc) is 3.56. The van der Waals surface area contributed by atoms with Crippen molar-refractivity contribution in [2.45, 2.75) is 57.2 Å². The molecule has 2 atom stereocenters. The standard InChI is InChI=1S/C25H33N5O3/c1-17-14-21(27-24(31)22-15-23(33-28-22)19-6-7-19)8-11-30(17)25(32)20-4-2-18(3-5-20)16-29-12-9-26-10-13-29/h2-5,15,17,19,21,26H,6-14,16H2,1H3,(H,27,31)/t17-,21-/m1/s1. The first-order valence-electron chi connectivity index (χ1n) is 12.2. The zero-order chi connectivity index (χ0) is 22.8. The summed E-state index contributed by atoms with van der Waals surface area (Å²) in [5.74, 6) is 1.12. The van der Waals surface area contributed by atoms with Crippen molar-refractivity contribution in [3.05, 3.63) is 52.9 Å². The molecule has 176 valence electrons. The van der Waals surface area contributed by atoms with Crippen LogP contribution in [0.2, 0.25) is 0 Å². The van der Waals surface area contributed by atoms with Gasteiger partial charge in [-0.05, 0) is 50.3 Å². The Morgan fingerprint density at radius 2 is 1.88 bits per heavy atom. The summed E-state index contributed by atoms with van der Waals surface area (Å²) < 4.78 is 5.30. The molecular weight excluding hydrogens is 418 g/mol. The highest BCUT2D eigenvalue weighted by Gasteiger charge is 2.32. The molecule has 8 nitrogen and oxygen atoms in total. The molecule has 2 aliphatic heterocycles. The van der Waals surface area contributed by atoms with Gasteiger partial charge >= 0.3 is 0 Å². The van der Waals surface area contributed by atoms with E-state index in [0.29, 0.717) is 18.2 Å². The van der Waals surface area contributed by atoms with Crippen LogP contribution in [0.4, 0.5) is 0 Å². The van der Waals surface area contributed by atoms with Crippen LogP contribution in [-0.4, -0.2) is 71.6 Å². The molecule has 2 saturated heterocycles. The first-order valence-corrected chi connectivity index (χ1v) is 12.2. The van der Waals surface area contributed by atoms with Crippen molar-refractivity contribution in [1.82, 2.24) is 25.6 Å². The number of nitrogens with zero attached hydrogens (tertiary/aromatic N) is 3. The molecule has 0 spiro atoms. The van der Waals surface area contributed by atoms with Crippen molar-refractivity contribution in [3.63, 3.8) is 0 Å². The summed E-state index contributed by atoms with van der Waals surface area (Å²) >= 11 is 0. The smallest absolute Gasteiger partial charge is 0.273 e. The monoisotopic (exact) mass is 451 g/mol. The van der Waals surface area contributed by atoms with Crippen LogP contribution >= 0.6 is 0 Å². The van der Waals surface area contributed by atoms with Gasteiger partial charge in [0.1, 0.15) is 5.76 Å². The number of hydrogen-bond acceptors (Lipinski definition) is 6. The van der Waals surface area contributed by atoms with Gasteiger partial charge in [-0.3, -0.25) is 14.5 Å². The zero-order valence-electron chi connectivity index (χ0n) is 19.3. The van der Waals surface area contributed by atoms with E-state index < -0.39 is 0 Å². The molecule has 2 aromatic rings. The highest BCUT2D eigenvalue weighted by molar-refractivity contribution is 5.95. The largest absolute Gasteiger partial charge is 0.360 e. The molecule has 3 aliphatic rings. The summed E-state index contributed by atoms with van der Waals surface area (Å²) in [5, 5.41) is 10.4. The second-order valence-corrected chi connectivity index (χ2v) is 9.65. The maximum absolute atomic E-state index is 13.1. The van der Waals surface area contributed by atoms with Gasteiger partial charge in [0.2, 0.25) is 0 Å². The Hall–Kier alpha value is -2.71. The van der Waals surface area contributed by atoms with Crippen molar-refractivity contribution in [3.8, 4) is 0 Å². The molecule has 1 aromatic carbocycles. The predicted octanol–water partition coefficient (Wildman–Crippen LogP) is 2.38. The van der Waals surface area contributed by atoms with E-state index in [-0.39, 0.29) is 23.9 Å². The molecule has 8 heteroatoms. The normalized spacial score (nSPS) is 24.0. The Morgan fingerprint density at radius 1 is 1.12 bits per heavy atom. The number of aromatic nitrogens is 1. The van der Waals surface area contributed by atoms with E-state index in [1.54, 1.807) is 6.07 Å². The average molecular weight is 452 g/mol. The van der Waals surface area contributed by atoms with E-state index in [0.717, 1.165) is 69.7 Å². The number of piperazine rings is 1. The van der Waals surface area contributed by atoms with Crippen LogP contribution < -0.4 is 10.6 Å². The van der Waals surface area contributed by atoms with Crippen molar-refractivity contribution >= 4 is 11.8 Å². The van der Waals surface area contributed by atoms with Gasteiger partial charge in [-0.1, -0.05) is 17.3 Å². The van der Waals surface area contributed by atoms with E-state index in [2.05, 4.69) is 39.7 Å². The van der Waals surface area contributed by atoms with Gasteiger partial charge in [-0.2, -0.15) is 0 Å². The topological polar surface area (TPSA) is 90.7 Å². The minimum absolute atomic E-state index is 0.0269. The van der Waals surface area contributed by atoms with E-state index in [1.165, 1.54) is 5.56 Å². The lowest BCUT2D eigenvalue weighted by Crippen LogP contribution is -2.51. The van der Waals surface area contributed by atoms with Gasteiger partial charge in [0.25, 0.3) is 11.8 Å². The second-order valence-electron chi connectivity index (χ2n) is 9.65. The molecule has 0 unspecified atom stereocenters. The molecule has 2 N–H and O–H groups in total. The summed E-state index contributed by atoms with van der Waals surface area (Å²) in [6.45, 7) is 7.78. The molecule has 5 rings (SSSR count). The van der Waals surface area contributed by atoms with Crippen molar-refractivity contribution in [2.24, 2.45) is 0 Å². The zero-order valence-corrected chi connectivity index (χ0v) is 19.3. The number of benzene rings is 1. The van der Waals surface area contributed by atoms with Crippen molar-refractivity contribution < 1.29 is 14.1 Å². The maximum atomic E-state index is 13.1. The molecule has 33 heavy (non-hydrogen) atoms. The number of carbonyl (C=O) groups is 2. The van der Waals surface area contributed by atoms with Gasteiger partial charge in [-0.15, -0.1) is 0 Å². The van der Waals surface area contributed by atoms with Crippen LogP contribution in [0.5, 0.6) is 0 Å². The van der Waals surface area contributed by atoms with Gasteiger partial charge in [0.15, 0.2) is 5.69 Å². The molecular formula is C25H33N5O3. The summed E-state index contributed by atoms with van der Waals surface area (Å²) in [5.41, 5.74) is 2.31. The van der Waals surface area contributed by atoms with E-state index in [1.807, 2.05) is 17.0 Å². The Labute approximate surface area is 194 Å².